The van der Waals surface area contributed by atoms with Gasteiger partial charge < -0.3 is 19.5 Å². The van der Waals surface area contributed by atoms with E-state index < -0.39 is 17.7 Å². The number of carbonyl (C=O) groups excluding carboxylic acids is 1. The highest BCUT2D eigenvalue weighted by atomic mass is 35.5. The van der Waals surface area contributed by atoms with Crippen LogP contribution in [0.2, 0.25) is 5.02 Å². The first kappa shape index (κ1) is 35.0. The molecule has 2 saturated heterocycles. The van der Waals surface area contributed by atoms with E-state index in [1.165, 1.54) is 18.4 Å². The van der Waals surface area contributed by atoms with E-state index >= 15 is 0 Å². The van der Waals surface area contributed by atoms with Gasteiger partial charge in [0.25, 0.3) is 0 Å². The molecule has 52 heavy (non-hydrogen) atoms. The maximum Gasteiger partial charge on any atom is 0.409 e. The molecule has 11 nitrogen and oxygen atoms in total. The summed E-state index contributed by atoms with van der Waals surface area (Å²) in [6.45, 7) is 10.8. The number of carboxylic acids is 1. The summed E-state index contributed by atoms with van der Waals surface area (Å²) in [6.07, 6.45) is 2.76. The molecule has 1 aliphatic carbocycles. The Balaban J connectivity index is 1.17. The number of likely N-dealkylation sites (tertiary alicyclic amines) is 2. The number of aryl methyl sites for hydroxylation is 1. The molecule has 3 aliphatic rings. The highest BCUT2D eigenvalue weighted by Gasteiger charge is 2.39. The Hall–Kier alpha value is -4.10. The van der Waals surface area contributed by atoms with E-state index in [1.54, 1.807) is 4.90 Å². The number of methoxy groups -OCH3 is 1. The van der Waals surface area contributed by atoms with Crippen LogP contribution >= 0.6 is 22.9 Å². The summed E-state index contributed by atoms with van der Waals surface area (Å²) < 4.78 is 14.1. The van der Waals surface area contributed by atoms with Crippen LogP contribution in [0.5, 0.6) is 0 Å². The molecule has 1 atom stereocenters. The van der Waals surface area contributed by atoms with Crippen LogP contribution in [0.15, 0.2) is 42.5 Å². The molecule has 2 aliphatic heterocycles. The quantitative estimate of drug-likeness (QED) is 0.167. The summed E-state index contributed by atoms with van der Waals surface area (Å²) in [6, 6.07) is 14.4. The molecule has 0 spiro atoms. The third kappa shape index (κ3) is 6.55. The van der Waals surface area contributed by atoms with Gasteiger partial charge in [0.2, 0.25) is 0 Å². The molecule has 1 saturated carbocycles. The predicted molar refractivity (Wildman–Crippen MR) is 202 cm³/mol. The molecule has 8 rings (SSSR count). The van der Waals surface area contributed by atoms with Crippen LogP contribution in [-0.2, 0) is 14.3 Å². The SMILES string of the molecule is COC(=O)N1CC(N2CCC(c3nn(C4CC4)c4ccc(-c5nc6cc(C)c(C(OC(C)(C)C)C(=O)O)c(-c7ccc(Cl)cc7)c6s5)nc34)CC2)C1. The third-order valence-corrected chi connectivity index (χ3v) is 11.8. The number of carbonyl (C=O) groups is 2. The van der Waals surface area contributed by atoms with E-state index in [0.29, 0.717) is 35.8 Å². The highest BCUT2D eigenvalue weighted by Crippen LogP contribution is 2.45. The number of aromatic nitrogens is 4. The van der Waals surface area contributed by atoms with E-state index in [2.05, 4.69) is 15.6 Å². The first-order chi connectivity index (χ1) is 24.9. The zero-order valence-corrected chi connectivity index (χ0v) is 31.6. The average molecular weight is 743 g/mol. The number of thiazole rings is 1. The van der Waals surface area contributed by atoms with Crippen LogP contribution in [0.1, 0.15) is 81.3 Å². The van der Waals surface area contributed by atoms with Gasteiger partial charge in [-0.3, -0.25) is 9.58 Å². The van der Waals surface area contributed by atoms with Gasteiger partial charge in [0.15, 0.2) is 6.10 Å². The molecular weight excluding hydrogens is 700 g/mol. The van der Waals surface area contributed by atoms with Crippen LogP contribution in [0.3, 0.4) is 0 Å². The third-order valence-electron chi connectivity index (χ3n) is 10.4. The van der Waals surface area contributed by atoms with Gasteiger partial charge in [0.05, 0.1) is 45.9 Å². The molecule has 5 aromatic rings. The van der Waals surface area contributed by atoms with Crippen LogP contribution in [0.4, 0.5) is 4.79 Å². The Bertz CT molecular complexity index is 2180. The van der Waals surface area contributed by atoms with Crippen molar-refractivity contribution in [1.82, 2.24) is 29.5 Å². The second kappa shape index (κ2) is 13.4. The molecule has 3 fully saturated rings. The van der Waals surface area contributed by atoms with Crippen molar-refractivity contribution in [3.05, 3.63) is 64.3 Å². The zero-order valence-electron chi connectivity index (χ0n) is 30.1. The maximum atomic E-state index is 12.8. The fourth-order valence-electron chi connectivity index (χ4n) is 7.68. The molecule has 272 valence electrons. The Kier molecular flexibility index (Phi) is 9.00. The number of hydrogen-bond donors (Lipinski definition) is 1. The summed E-state index contributed by atoms with van der Waals surface area (Å²) in [5, 5.41) is 17.0. The minimum Gasteiger partial charge on any atom is -0.479 e. The van der Waals surface area contributed by atoms with Crippen LogP contribution in [0, 0.1) is 6.92 Å². The van der Waals surface area contributed by atoms with Crippen LogP contribution in [-0.4, -0.2) is 91.6 Å². The lowest BCUT2D eigenvalue weighted by molar-refractivity contribution is -0.160. The number of fused-ring (bicyclic) bond motifs is 2. The number of rotatable bonds is 8. The Labute approximate surface area is 311 Å². The minimum atomic E-state index is -1.19. The number of pyridine rings is 1. The number of aliphatic carboxylic acids is 1. The summed E-state index contributed by atoms with van der Waals surface area (Å²) in [5.74, 6) is -0.766. The lowest BCUT2D eigenvalue weighted by atomic mass is 9.91. The second-order valence-electron chi connectivity index (χ2n) is 15.3. The van der Waals surface area contributed by atoms with Gasteiger partial charge in [-0.25, -0.2) is 19.6 Å². The Morgan fingerprint density at radius 3 is 2.35 bits per heavy atom. The lowest BCUT2D eigenvalue weighted by Gasteiger charge is -2.46. The van der Waals surface area contributed by atoms with Crippen molar-refractivity contribution >= 4 is 56.3 Å². The molecule has 2 aromatic carbocycles. The van der Waals surface area contributed by atoms with Gasteiger partial charge >= 0.3 is 12.1 Å². The van der Waals surface area contributed by atoms with Gasteiger partial charge in [0, 0.05) is 41.2 Å². The smallest absolute Gasteiger partial charge is 0.409 e. The highest BCUT2D eigenvalue weighted by molar-refractivity contribution is 7.22. The number of amides is 1. The number of carboxylic acid groups (broad SMARTS) is 1. The standard InChI is InChI=1S/C39H43ClN6O5S/c1-21-18-28-35(31(22-6-8-24(40)9-7-22)30(21)34(37(47)48)51-39(2,3)4)52-36(42-28)27-12-13-29-33(41-27)32(43-46(29)25-10-11-25)23-14-16-44(17-15-23)26-19-45(20-26)38(49)50-5/h6-9,12-13,18,23,25-26,34H,10-11,14-17,19-20H2,1-5H3,(H,47,48). The zero-order chi connectivity index (χ0) is 36.5. The van der Waals surface area contributed by atoms with Crippen molar-refractivity contribution in [3.8, 4) is 21.8 Å². The molecule has 5 heterocycles. The number of hydrogen-bond acceptors (Lipinski definition) is 9. The number of benzene rings is 2. The number of halogens is 1. The van der Waals surface area contributed by atoms with Gasteiger partial charge in [-0.15, -0.1) is 11.3 Å². The lowest BCUT2D eigenvalue weighted by Crippen LogP contribution is -2.62. The Morgan fingerprint density at radius 2 is 1.71 bits per heavy atom. The minimum absolute atomic E-state index is 0.256. The van der Waals surface area contributed by atoms with E-state index in [0.717, 1.165) is 93.1 Å². The molecule has 1 unspecified atom stereocenters. The molecule has 1 N–H and O–H groups in total. The van der Waals surface area contributed by atoms with Crippen molar-refractivity contribution in [2.24, 2.45) is 0 Å². The molecule has 1 amide bonds. The fourth-order valence-corrected chi connectivity index (χ4v) is 8.91. The summed E-state index contributed by atoms with van der Waals surface area (Å²) in [7, 11) is 1.43. The number of piperidine rings is 1. The normalized spacial score (nSPS) is 18.2. The monoisotopic (exact) mass is 742 g/mol. The second-order valence-corrected chi connectivity index (χ2v) is 16.7. The molecule has 3 aromatic heterocycles. The van der Waals surface area contributed by atoms with Crippen molar-refractivity contribution in [2.45, 2.75) is 83.1 Å². The first-order valence-corrected chi connectivity index (χ1v) is 19.1. The van der Waals surface area contributed by atoms with E-state index in [-0.39, 0.29) is 12.0 Å². The molecule has 13 heteroatoms. The largest absolute Gasteiger partial charge is 0.479 e. The van der Waals surface area contributed by atoms with Crippen molar-refractivity contribution < 1.29 is 24.2 Å². The number of ether oxygens (including phenoxy) is 2. The average Bonchev–Trinajstić information content (AvgIpc) is 3.74. The van der Waals surface area contributed by atoms with E-state index in [4.69, 9.17) is 36.1 Å². The number of nitrogens with zero attached hydrogens (tertiary/aromatic N) is 6. The topological polar surface area (TPSA) is 123 Å². The van der Waals surface area contributed by atoms with Crippen LogP contribution in [0.25, 0.3) is 43.1 Å². The molecule has 0 radical (unpaired) electrons. The van der Waals surface area contributed by atoms with Gasteiger partial charge in [0.1, 0.15) is 10.5 Å². The van der Waals surface area contributed by atoms with Crippen molar-refractivity contribution in [2.75, 3.05) is 33.3 Å². The summed E-state index contributed by atoms with van der Waals surface area (Å²) in [4.78, 5) is 39.3. The summed E-state index contributed by atoms with van der Waals surface area (Å²) in [5.41, 5.74) is 6.91. The molecular formula is C39H43ClN6O5S. The predicted octanol–water partition coefficient (Wildman–Crippen LogP) is 8.24. The van der Waals surface area contributed by atoms with Crippen molar-refractivity contribution in [3.63, 3.8) is 0 Å². The van der Waals surface area contributed by atoms with Gasteiger partial charge in [-0.1, -0.05) is 23.7 Å². The van der Waals surface area contributed by atoms with Crippen LogP contribution < -0.4 is 0 Å². The van der Waals surface area contributed by atoms with Crippen molar-refractivity contribution in [1.29, 1.82) is 0 Å². The fraction of sp³-hybridized carbons (Fsp3) is 0.462. The summed E-state index contributed by atoms with van der Waals surface area (Å²) >= 11 is 7.81. The maximum absolute atomic E-state index is 12.8. The molecule has 0 bridgehead atoms. The van der Waals surface area contributed by atoms with Gasteiger partial charge in [-0.2, -0.15) is 5.10 Å². The van der Waals surface area contributed by atoms with E-state index in [1.807, 2.05) is 64.1 Å². The Morgan fingerprint density at radius 1 is 1.00 bits per heavy atom. The van der Waals surface area contributed by atoms with Gasteiger partial charge in [-0.05, 0) is 108 Å². The first-order valence-electron chi connectivity index (χ1n) is 18.0. The van der Waals surface area contributed by atoms with E-state index in [9.17, 15) is 14.7 Å².